The van der Waals surface area contributed by atoms with Crippen LogP contribution in [0, 0.1) is 13.8 Å². The van der Waals surface area contributed by atoms with Crippen LogP contribution >= 0.6 is 0 Å². The number of carbonyl (C=O) groups is 1. The molecule has 0 radical (unpaired) electrons. The number of aromatic nitrogens is 1. The van der Waals surface area contributed by atoms with Crippen molar-refractivity contribution in [3.05, 3.63) is 17.0 Å². The Balaban J connectivity index is 1.93. The number of nitrogens with zero attached hydrogens (tertiary/aromatic N) is 2. The lowest BCUT2D eigenvalue weighted by atomic mass is 10.1. The van der Waals surface area contributed by atoms with E-state index in [1.165, 1.54) is 0 Å². The van der Waals surface area contributed by atoms with Crippen LogP contribution in [0.15, 0.2) is 4.52 Å². The highest BCUT2D eigenvalue weighted by Gasteiger charge is 2.27. The van der Waals surface area contributed by atoms with Crippen molar-refractivity contribution in [3.63, 3.8) is 0 Å². The molecule has 0 aromatic carbocycles. The summed E-state index contributed by atoms with van der Waals surface area (Å²) in [6.07, 6.45) is 1.74. The van der Waals surface area contributed by atoms with Gasteiger partial charge in [0.15, 0.2) is 0 Å². The van der Waals surface area contributed by atoms with Crippen LogP contribution in [0.1, 0.15) is 34.7 Å². The van der Waals surface area contributed by atoms with Crippen LogP contribution in [0.2, 0.25) is 0 Å². The summed E-state index contributed by atoms with van der Waals surface area (Å²) < 4.78 is 10.5. The van der Waals surface area contributed by atoms with Gasteiger partial charge in [-0.05, 0) is 26.7 Å². The first-order valence-electron chi connectivity index (χ1n) is 6.58. The number of aryl methyl sites for hydroxylation is 2. The summed E-state index contributed by atoms with van der Waals surface area (Å²) in [7, 11) is 0. The summed E-state index contributed by atoms with van der Waals surface area (Å²) in [6.45, 7) is 5.27. The highest BCUT2D eigenvalue weighted by atomic mass is 16.5. The number of rotatable bonds is 4. The first-order chi connectivity index (χ1) is 9.13. The SMILES string of the molecule is Cc1noc(C)c1C(=O)N1CCC(OCCO)CC1. The maximum Gasteiger partial charge on any atom is 0.259 e. The molecule has 0 aliphatic carbocycles. The monoisotopic (exact) mass is 268 g/mol. The zero-order valence-corrected chi connectivity index (χ0v) is 11.4. The van der Waals surface area contributed by atoms with Crippen molar-refractivity contribution >= 4 is 5.91 Å². The summed E-state index contributed by atoms with van der Waals surface area (Å²) in [6, 6.07) is 0. The van der Waals surface area contributed by atoms with E-state index in [4.69, 9.17) is 14.4 Å². The van der Waals surface area contributed by atoms with E-state index in [0.29, 0.717) is 36.7 Å². The van der Waals surface area contributed by atoms with Crippen LogP contribution in [0.25, 0.3) is 0 Å². The van der Waals surface area contributed by atoms with Gasteiger partial charge in [0.05, 0.1) is 25.0 Å². The molecule has 1 N–H and O–H groups in total. The zero-order chi connectivity index (χ0) is 13.8. The molecular formula is C13H20N2O4. The van der Waals surface area contributed by atoms with Gasteiger partial charge in [-0.25, -0.2) is 0 Å². The van der Waals surface area contributed by atoms with Crippen molar-refractivity contribution in [1.82, 2.24) is 10.1 Å². The van der Waals surface area contributed by atoms with Gasteiger partial charge in [0.25, 0.3) is 5.91 Å². The minimum atomic E-state index is -0.0168. The van der Waals surface area contributed by atoms with Crippen molar-refractivity contribution in [2.75, 3.05) is 26.3 Å². The van der Waals surface area contributed by atoms with Crippen molar-refractivity contribution in [2.45, 2.75) is 32.8 Å². The van der Waals surface area contributed by atoms with E-state index in [1.807, 2.05) is 4.90 Å². The van der Waals surface area contributed by atoms with Crippen LogP contribution < -0.4 is 0 Å². The van der Waals surface area contributed by atoms with Crippen molar-refractivity contribution in [1.29, 1.82) is 0 Å². The third-order valence-electron chi connectivity index (χ3n) is 3.42. The Hall–Kier alpha value is -1.40. The molecule has 2 rings (SSSR count). The number of hydrogen-bond donors (Lipinski definition) is 1. The van der Waals surface area contributed by atoms with E-state index >= 15 is 0 Å². The lowest BCUT2D eigenvalue weighted by molar-refractivity contribution is -0.00557. The number of carbonyl (C=O) groups excluding carboxylic acids is 1. The van der Waals surface area contributed by atoms with E-state index < -0.39 is 0 Å². The molecule has 0 spiro atoms. The van der Waals surface area contributed by atoms with E-state index in [9.17, 15) is 4.79 Å². The Kier molecular flexibility index (Phi) is 4.55. The molecule has 1 aliphatic heterocycles. The molecule has 2 heterocycles. The van der Waals surface area contributed by atoms with Gasteiger partial charge in [0.1, 0.15) is 11.3 Å². The van der Waals surface area contributed by atoms with Gasteiger partial charge in [-0.1, -0.05) is 5.16 Å². The first-order valence-corrected chi connectivity index (χ1v) is 6.58. The largest absolute Gasteiger partial charge is 0.394 e. The molecule has 0 bridgehead atoms. The van der Waals surface area contributed by atoms with Crippen molar-refractivity contribution in [2.24, 2.45) is 0 Å². The predicted octanol–water partition coefficient (Wildman–Crippen LogP) is 0.905. The fourth-order valence-corrected chi connectivity index (χ4v) is 2.39. The lowest BCUT2D eigenvalue weighted by Crippen LogP contribution is -2.41. The fourth-order valence-electron chi connectivity index (χ4n) is 2.39. The lowest BCUT2D eigenvalue weighted by Gasteiger charge is -2.31. The Bertz CT molecular complexity index is 416. The number of likely N-dealkylation sites (tertiary alicyclic amines) is 1. The quantitative estimate of drug-likeness (QED) is 0.878. The molecule has 106 valence electrons. The van der Waals surface area contributed by atoms with Gasteiger partial charge in [0.2, 0.25) is 0 Å². The number of aliphatic hydroxyl groups is 1. The van der Waals surface area contributed by atoms with E-state index in [0.717, 1.165) is 12.8 Å². The highest BCUT2D eigenvalue weighted by molar-refractivity contribution is 5.96. The highest BCUT2D eigenvalue weighted by Crippen LogP contribution is 2.19. The van der Waals surface area contributed by atoms with Gasteiger partial charge >= 0.3 is 0 Å². The minimum Gasteiger partial charge on any atom is -0.394 e. The van der Waals surface area contributed by atoms with Crippen LogP contribution in [0.5, 0.6) is 0 Å². The van der Waals surface area contributed by atoms with Gasteiger partial charge in [0, 0.05) is 13.1 Å². The summed E-state index contributed by atoms with van der Waals surface area (Å²) >= 11 is 0. The normalized spacial score (nSPS) is 16.9. The Morgan fingerprint density at radius 1 is 1.47 bits per heavy atom. The summed E-state index contributed by atoms with van der Waals surface area (Å²) in [5.74, 6) is 0.554. The average molecular weight is 268 g/mol. The van der Waals surface area contributed by atoms with E-state index in [-0.39, 0.29) is 18.6 Å². The number of hydrogen-bond acceptors (Lipinski definition) is 5. The van der Waals surface area contributed by atoms with Crippen LogP contribution in [-0.2, 0) is 4.74 Å². The molecule has 1 amide bonds. The molecule has 0 unspecified atom stereocenters. The average Bonchev–Trinajstić information content (AvgIpc) is 2.76. The van der Waals surface area contributed by atoms with Gasteiger partial charge in [-0.3, -0.25) is 4.79 Å². The number of aliphatic hydroxyl groups excluding tert-OH is 1. The Morgan fingerprint density at radius 3 is 2.68 bits per heavy atom. The standard InChI is InChI=1S/C13H20N2O4/c1-9-12(10(2)19-14-9)13(17)15-5-3-11(4-6-15)18-8-7-16/h11,16H,3-8H2,1-2H3. The first kappa shape index (κ1) is 14.0. The van der Waals surface area contributed by atoms with Crippen molar-refractivity contribution in [3.8, 4) is 0 Å². The molecular weight excluding hydrogens is 248 g/mol. The maximum atomic E-state index is 12.4. The molecule has 0 saturated carbocycles. The second-order valence-electron chi connectivity index (χ2n) is 4.79. The molecule has 6 nitrogen and oxygen atoms in total. The number of amides is 1. The maximum absolute atomic E-state index is 12.4. The molecule has 1 fully saturated rings. The van der Waals surface area contributed by atoms with Crippen LogP contribution in [-0.4, -0.2) is 53.5 Å². The topological polar surface area (TPSA) is 75.8 Å². The molecule has 6 heteroatoms. The Labute approximate surface area is 112 Å². The summed E-state index contributed by atoms with van der Waals surface area (Å²) in [5, 5.41) is 12.5. The zero-order valence-electron chi connectivity index (χ0n) is 11.4. The molecule has 1 aromatic rings. The van der Waals surface area contributed by atoms with Gasteiger partial charge in [-0.2, -0.15) is 0 Å². The summed E-state index contributed by atoms with van der Waals surface area (Å²) in [4.78, 5) is 14.2. The smallest absolute Gasteiger partial charge is 0.259 e. The third-order valence-corrected chi connectivity index (χ3v) is 3.42. The van der Waals surface area contributed by atoms with Gasteiger partial charge < -0.3 is 19.3 Å². The predicted molar refractivity (Wildman–Crippen MR) is 67.9 cm³/mol. The summed E-state index contributed by atoms with van der Waals surface area (Å²) in [5.41, 5.74) is 1.22. The molecule has 19 heavy (non-hydrogen) atoms. The molecule has 1 saturated heterocycles. The molecule has 1 aliphatic rings. The number of piperidine rings is 1. The molecule has 0 atom stereocenters. The second kappa shape index (κ2) is 6.16. The Morgan fingerprint density at radius 2 is 2.16 bits per heavy atom. The second-order valence-corrected chi connectivity index (χ2v) is 4.79. The third kappa shape index (κ3) is 3.13. The van der Waals surface area contributed by atoms with Crippen molar-refractivity contribution < 1.29 is 19.2 Å². The minimum absolute atomic E-state index is 0.0168. The van der Waals surface area contributed by atoms with E-state index in [2.05, 4.69) is 5.16 Å². The van der Waals surface area contributed by atoms with E-state index in [1.54, 1.807) is 13.8 Å². The van der Waals surface area contributed by atoms with Crippen LogP contribution in [0.4, 0.5) is 0 Å². The number of ether oxygens (including phenoxy) is 1. The molecule has 1 aromatic heterocycles. The van der Waals surface area contributed by atoms with Crippen LogP contribution in [0.3, 0.4) is 0 Å². The fraction of sp³-hybridized carbons (Fsp3) is 0.692. The van der Waals surface area contributed by atoms with Gasteiger partial charge in [-0.15, -0.1) is 0 Å².